The van der Waals surface area contributed by atoms with Gasteiger partial charge in [0.05, 0.1) is 12.7 Å². The van der Waals surface area contributed by atoms with Gasteiger partial charge in [0.2, 0.25) is 0 Å². The molecule has 4 aliphatic carbocycles. The quantitative estimate of drug-likeness (QED) is 0.689. The van der Waals surface area contributed by atoms with Gasteiger partial charge in [0, 0.05) is 0 Å². The van der Waals surface area contributed by atoms with Crippen molar-refractivity contribution in [1.82, 2.24) is 0 Å². The SMILES string of the molecule is C[C@]12CCC3C(CC[C@H]4C[C@@H](O)CC[C@]34C)C1CC[C@@H]2COCC(=O)C(F)(F)F. The van der Waals surface area contributed by atoms with Gasteiger partial charge in [-0.2, -0.15) is 13.2 Å². The number of carbonyl (C=O) groups excluding carboxylic acids is 1. The number of ketones is 1. The van der Waals surface area contributed by atoms with Crippen LogP contribution in [0.2, 0.25) is 0 Å². The third-order valence-electron chi connectivity index (χ3n) is 9.70. The molecule has 8 atom stereocenters. The molecule has 0 saturated heterocycles. The fourth-order valence-electron chi connectivity index (χ4n) is 7.99. The Hall–Kier alpha value is -0.620. The highest BCUT2D eigenvalue weighted by Crippen LogP contribution is 2.67. The predicted octanol–water partition coefficient (Wildman–Crippen LogP) is 5.15. The maximum atomic E-state index is 12.4. The first-order valence-corrected chi connectivity index (χ1v) is 11.4. The molecule has 0 bridgehead atoms. The minimum absolute atomic E-state index is 0.111. The Morgan fingerprint density at radius 3 is 2.41 bits per heavy atom. The lowest BCUT2D eigenvalue weighted by molar-refractivity contribution is -0.176. The number of rotatable bonds is 4. The first-order valence-electron chi connectivity index (χ1n) is 11.4. The summed E-state index contributed by atoms with van der Waals surface area (Å²) < 4.78 is 42.6. The van der Waals surface area contributed by atoms with Crippen molar-refractivity contribution >= 4 is 5.78 Å². The van der Waals surface area contributed by atoms with E-state index in [2.05, 4.69) is 13.8 Å². The lowest BCUT2D eigenvalue weighted by Gasteiger charge is -2.61. The van der Waals surface area contributed by atoms with Gasteiger partial charge in [-0.15, -0.1) is 0 Å². The van der Waals surface area contributed by atoms with Gasteiger partial charge in [-0.1, -0.05) is 13.8 Å². The van der Waals surface area contributed by atoms with E-state index in [0.29, 0.717) is 29.1 Å². The van der Waals surface area contributed by atoms with Crippen molar-refractivity contribution in [3.63, 3.8) is 0 Å². The van der Waals surface area contributed by atoms with Crippen LogP contribution in [0.25, 0.3) is 0 Å². The van der Waals surface area contributed by atoms with E-state index in [1.54, 1.807) is 0 Å². The number of hydrogen-bond acceptors (Lipinski definition) is 3. The summed E-state index contributed by atoms with van der Waals surface area (Å²) in [6.45, 7) is 4.19. The lowest BCUT2D eigenvalue weighted by atomic mass is 9.44. The third-order valence-corrected chi connectivity index (χ3v) is 9.70. The molecular formula is C23H35F3O3. The fourth-order valence-corrected chi connectivity index (χ4v) is 7.99. The highest BCUT2D eigenvalue weighted by Gasteiger charge is 2.60. The molecule has 0 aromatic rings. The average Bonchev–Trinajstić information content (AvgIpc) is 2.98. The van der Waals surface area contributed by atoms with E-state index < -0.39 is 18.6 Å². The van der Waals surface area contributed by atoms with Gasteiger partial charge in [0.15, 0.2) is 0 Å². The van der Waals surface area contributed by atoms with Crippen molar-refractivity contribution in [1.29, 1.82) is 0 Å². The van der Waals surface area contributed by atoms with E-state index in [1.165, 1.54) is 19.3 Å². The third kappa shape index (κ3) is 3.66. The second kappa shape index (κ2) is 7.51. The van der Waals surface area contributed by atoms with Crippen molar-refractivity contribution in [3.05, 3.63) is 0 Å². The first kappa shape index (κ1) is 21.6. The zero-order valence-electron chi connectivity index (χ0n) is 17.6. The predicted molar refractivity (Wildman–Crippen MR) is 103 cm³/mol. The van der Waals surface area contributed by atoms with Gasteiger partial charge in [-0.3, -0.25) is 4.79 Å². The van der Waals surface area contributed by atoms with E-state index in [9.17, 15) is 23.1 Å². The van der Waals surface area contributed by atoms with E-state index in [1.807, 2.05) is 0 Å². The van der Waals surface area contributed by atoms with Gasteiger partial charge in [-0.05, 0) is 98.2 Å². The normalized spacial score (nSPS) is 47.2. The average molecular weight is 417 g/mol. The maximum Gasteiger partial charge on any atom is 0.452 e. The van der Waals surface area contributed by atoms with Crippen molar-refractivity contribution in [3.8, 4) is 0 Å². The van der Waals surface area contributed by atoms with E-state index >= 15 is 0 Å². The van der Waals surface area contributed by atoms with Crippen molar-refractivity contribution < 1.29 is 27.8 Å². The minimum Gasteiger partial charge on any atom is -0.393 e. The Balaban J connectivity index is 1.41. The number of carbonyl (C=O) groups is 1. The van der Waals surface area contributed by atoms with Crippen LogP contribution in [0, 0.1) is 40.4 Å². The van der Waals surface area contributed by atoms with E-state index in [-0.39, 0.29) is 24.0 Å². The van der Waals surface area contributed by atoms with Crippen molar-refractivity contribution in [2.75, 3.05) is 13.2 Å². The second-order valence-electron chi connectivity index (χ2n) is 10.8. The topological polar surface area (TPSA) is 46.5 Å². The maximum absolute atomic E-state index is 12.4. The summed E-state index contributed by atoms with van der Waals surface area (Å²) in [4.78, 5) is 11.1. The number of aliphatic hydroxyl groups is 1. The van der Waals surface area contributed by atoms with Gasteiger partial charge in [-0.25, -0.2) is 0 Å². The summed E-state index contributed by atoms with van der Waals surface area (Å²) in [6, 6.07) is 0. The Morgan fingerprint density at radius 1 is 1.00 bits per heavy atom. The Bertz CT molecular complexity index is 635. The highest BCUT2D eigenvalue weighted by molar-refractivity contribution is 5.85. The molecule has 3 nitrogen and oxygen atoms in total. The van der Waals surface area contributed by atoms with E-state index in [0.717, 1.165) is 38.5 Å². The molecule has 166 valence electrons. The lowest BCUT2D eigenvalue weighted by Crippen LogP contribution is -2.54. The summed E-state index contributed by atoms with van der Waals surface area (Å²) in [5, 5.41) is 10.1. The van der Waals surface area contributed by atoms with Crippen molar-refractivity contribution in [2.24, 2.45) is 40.4 Å². The molecule has 0 radical (unpaired) electrons. The molecule has 4 fully saturated rings. The van der Waals surface area contributed by atoms with E-state index in [4.69, 9.17) is 4.74 Å². The molecule has 0 heterocycles. The van der Waals surface area contributed by atoms with Crippen LogP contribution < -0.4 is 0 Å². The van der Waals surface area contributed by atoms with Gasteiger partial charge in [0.25, 0.3) is 5.78 Å². The molecule has 0 aromatic carbocycles. The van der Waals surface area contributed by atoms with Crippen LogP contribution in [0.5, 0.6) is 0 Å². The fraction of sp³-hybridized carbons (Fsp3) is 0.957. The Labute approximate surface area is 171 Å². The molecule has 1 N–H and O–H groups in total. The molecule has 0 spiro atoms. The molecule has 0 aromatic heterocycles. The van der Waals surface area contributed by atoms with Crippen LogP contribution in [0.15, 0.2) is 0 Å². The summed E-state index contributed by atoms with van der Waals surface area (Å²) in [7, 11) is 0. The molecule has 4 saturated carbocycles. The zero-order valence-corrected chi connectivity index (χ0v) is 17.6. The number of hydrogen-bond donors (Lipinski definition) is 1. The molecule has 3 unspecified atom stereocenters. The van der Waals surface area contributed by atoms with Crippen LogP contribution in [0.4, 0.5) is 13.2 Å². The molecule has 6 heteroatoms. The standard InChI is InChI=1S/C23H35F3O3/c1-21-9-7-16(27)11-14(21)3-5-17-18-6-4-15(22(18,2)10-8-19(17)21)12-29-13-20(28)23(24,25)26/h14-19,27H,3-13H2,1-2H3/t14-,15+,16-,17?,18?,19?,21-,22+/m0/s1. The Morgan fingerprint density at radius 2 is 1.69 bits per heavy atom. The minimum atomic E-state index is -4.80. The zero-order chi connectivity index (χ0) is 21.0. The van der Waals surface area contributed by atoms with Gasteiger partial charge >= 0.3 is 6.18 Å². The van der Waals surface area contributed by atoms with Gasteiger partial charge in [0.1, 0.15) is 6.61 Å². The van der Waals surface area contributed by atoms with Crippen LogP contribution >= 0.6 is 0 Å². The van der Waals surface area contributed by atoms with Crippen LogP contribution in [-0.4, -0.2) is 36.4 Å². The molecule has 0 aliphatic heterocycles. The highest BCUT2D eigenvalue weighted by atomic mass is 19.4. The number of halogens is 3. The smallest absolute Gasteiger partial charge is 0.393 e. The largest absolute Gasteiger partial charge is 0.452 e. The second-order valence-corrected chi connectivity index (χ2v) is 10.8. The van der Waals surface area contributed by atoms with Crippen molar-refractivity contribution in [2.45, 2.75) is 83.9 Å². The molecular weight excluding hydrogens is 381 g/mol. The molecule has 4 rings (SSSR count). The number of aliphatic hydroxyl groups excluding tert-OH is 1. The summed E-state index contributed by atoms with van der Waals surface area (Å²) >= 11 is 0. The summed E-state index contributed by atoms with van der Waals surface area (Å²) in [5.41, 5.74) is 0.441. The van der Waals surface area contributed by atoms with Crippen LogP contribution in [0.1, 0.15) is 71.6 Å². The van der Waals surface area contributed by atoms with Gasteiger partial charge < -0.3 is 9.84 Å². The number of Topliss-reactive ketones (excluding diaryl/α,β-unsaturated/α-hetero) is 1. The molecule has 4 aliphatic rings. The Kier molecular flexibility index (Phi) is 5.59. The summed E-state index contributed by atoms with van der Waals surface area (Å²) in [6.07, 6.45) is 4.87. The number of fused-ring (bicyclic) bond motifs is 5. The first-order chi connectivity index (χ1) is 13.6. The number of ether oxygens (including phenoxy) is 1. The summed E-state index contributed by atoms with van der Waals surface area (Å²) in [5.74, 6) is 1.09. The monoisotopic (exact) mass is 416 g/mol. The van der Waals surface area contributed by atoms with Crippen LogP contribution in [-0.2, 0) is 9.53 Å². The van der Waals surface area contributed by atoms with Crippen LogP contribution in [0.3, 0.4) is 0 Å². The molecule has 29 heavy (non-hydrogen) atoms. The number of alkyl halides is 3. The molecule has 0 amide bonds.